The lowest BCUT2D eigenvalue weighted by molar-refractivity contribution is 0.326. The molecule has 5 heteroatoms. The number of thiocarbonyl (C=S) groups is 1. The van der Waals surface area contributed by atoms with Gasteiger partial charge in [0.2, 0.25) is 0 Å². The Hall–Kier alpha value is -1.20. The van der Waals surface area contributed by atoms with Crippen molar-refractivity contribution >= 4 is 22.9 Å². The van der Waals surface area contributed by atoms with Crippen molar-refractivity contribution < 1.29 is 4.39 Å². The van der Waals surface area contributed by atoms with Gasteiger partial charge in [-0.05, 0) is 33.2 Å². The lowest BCUT2D eigenvalue weighted by atomic mass is 10.1. The largest absolute Gasteiger partial charge is 0.389 e. The van der Waals surface area contributed by atoms with Crippen molar-refractivity contribution in [3.8, 4) is 0 Å². The average molecular weight is 255 g/mol. The Morgan fingerprint density at radius 3 is 2.71 bits per heavy atom. The number of rotatable bonds is 5. The fourth-order valence-corrected chi connectivity index (χ4v) is 1.57. The standard InChI is InChI=1S/C12H18FN3S/c1-8(16(2)3)7-15-10-6-4-5-9(13)11(10)12(14)17/h4-6,8,15H,7H2,1-3H3,(H2,14,17). The van der Waals surface area contributed by atoms with Crippen LogP contribution in [-0.4, -0.2) is 36.6 Å². The van der Waals surface area contributed by atoms with E-state index < -0.39 is 0 Å². The molecule has 1 aromatic rings. The smallest absolute Gasteiger partial charge is 0.135 e. The first-order valence-corrected chi connectivity index (χ1v) is 5.83. The van der Waals surface area contributed by atoms with Crippen molar-refractivity contribution in [1.82, 2.24) is 4.90 Å². The molecular weight excluding hydrogens is 237 g/mol. The monoisotopic (exact) mass is 255 g/mol. The molecule has 0 spiro atoms. The second kappa shape index (κ2) is 5.93. The molecule has 3 N–H and O–H groups in total. The predicted octanol–water partition coefficient (Wildman–Crippen LogP) is 1.82. The van der Waals surface area contributed by atoms with Crippen molar-refractivity contribution in [3.05, 3.63) is 29.6 Å². The molecule has 17 heavy (non-hydrogen) atoms. The van der Waals surface area contributed by atoms with Gasteiger partial charge in [-0.2, -0.15) is 0 Å². The Morgan fingerprint density at radius 1 is 1.53 bits per heavy atom. The molecular formula is C12H18FN3S. The fraction of sp³-hybridized carbons (Fsp3) is 0.417. The highest BCUT2D eigenvalue weighted by Crippen LogP contribution is 2.18. The molecule has 94 valence electrons. The number of likely N-dealkylation sites (N-methyl/N-ethyl adjacent to an activating group) is 1. The molecule has 0 saturated carbocycles. The Labute approximate surface area is 107 Å². The first kappa shape index (κ1) is 13.9. The normalized spacial score (nSPS) is 12.5. The van der Waals surface area contributed by atoms with Gasteiger partial charge in [-0.15, -0.1) is 0 Å². The van der Waals surface area contributed by atoms with E-state index in [1.807, 2.05) is 14.1 Å². The Morgan fingerprint density at radius 2 is 2.18 bits per heavy atom. The van der Waals surface area contributed by atoms with Crippen LogP contribution < -0.4 is 11.1 Å². The number of benzene rings is 1. The zero-order chi connectivity index (χ0) is 13.0. The van der Waals surface area contributed by atoms with Gasteiger partial charge in [-0.1, -0.05) is 18.3 Å². The number of hydrogen-bond acceptors (Lipinski definition) is 3. The van der Waals surface area contributed by atoms with E-state index in [1.165, 1.54) is 6.07 Å². The Kier molecular flexibility index (Phi) is 4.84. The molecule has 1 atom stereocenters. The first-order valence-electron chi connectivity index (χ1n) is 5.42. The van der Waals surface area contributed by atoms with Gasteiger partial charge in [0.25, 0.3) is 0 Å². The summed E-state index contributed by atoms with van der Waals surface area (Å²) in [6.07, 6.45) is 0. The van der Waals surface area contributed by atoms with Crippen LogP contribution in [0.25, 0.3) is 0 Å². The van der Waals surface area contributed by atoms with Gasteiger partial charge in [-0.3, -0.25) is 0 Å². The fourth-order valence-electron chi connectivity index (χ4n) is 1.36. The van der Waals surface area contributed by atoms with Gasteiger partial charge in [0.1, 0.15) is 10.8 Å². The maximum absolute atomic E-state index is 13.6. The van der Waals surface area contributed by atoms with E-state index in [0.717, 1.165) is 0 Å². The van der Waals surface area contributed by atoms with Crippen LogP contribution in [-0.2, 0) is 0 Å². The maximum atomic E-state index is 13.6. The van der Waals surface area contributed by atoms with Gasteiger partial charge in [0.05, 0.1) is 5.56 Å². The molecule has 0 aliphatic rings. The third-order valence-corrected chi connectivity index (χ3v) is 2.93. The van der Waals surface area contributed by atoms with Crippen LogP contribution in [0.2, 0.25) is 0 Å². The van der Waals surface area contributed by atoms with Crippen molar-refractivity contribution in [3.63, 3.8) is 0 Å². The molecule has 0 amide bonds. The van der Waals surface area contributed by atoms with Crippen molar-refractivity contribution in [2.75, 3.05) is 26.0 Å². The van der Waals surface area contributed by atoms with E-state index in [1.54, 1.807) is 12.1 Å². The van der Waals surface area contributed by atoms with E-state index in [0.29, 0.717) is 18.3 Å². The summed E-state index contributed by atoms with van der Waals surface area (Å²) in [7, 11) is 3.98. The second-order valence-electron chi connectivity index (χ2n) is 4.22. The SMILES string of the molecule is CC(CNc1cccc(F)c1C(N)=S)N(C)C. The summed E-state index contributed by atoms with van der Waals surface area (Å²) in [5.41, 5.74) is 6.45. The van der Waals surface area contributed by atoms with Crippen LogP contribution in [0.3, 0.4) is 0 Å². The molecule has 0 fully saturated rings. The quantitative estimate of drug-likeness (QED) is 0.788. The number of anilines is 1. The average Bonchev–Trinajstić information content (AvgIpc) is 2.24. The molecule has 1 unspecified atom stereocenters. The van der Waals surface area contributed by atoms with Gasteiger partial charge < -0.3 is 16.0 Å². The summed E-state index contributed by atoms with van der Waals surface area (Å²) in [4.78, 5) is 2.15. The van der Waals surface area contributed by atoms with Crippen LogP contribution >= 0.6 is 12.2 Å². The molecule has 1 aromatic carbocycles. The molecule has 3 nitrogen and oxygen atoms in total. The molecule has 0 aliphatic heterocycles. The number of nitrogens with one attached hydrogen (secondary N) is 1. The van der Waals surface area contributed by atoms with Gasteiger partial charge in [-0.25, -0.2) is 4.39 Å². The van der Waals surface area contributed by atoms with E-state index in [2.05, 4.69) is 17.1 Å². The van der Waals surface area contributed by atoms with E-state index in [4.69, 9.17) is 18.0 Å². The van der Waals surface area contributed by atoms with Crippen LogP contribution in [0.15, 0.2) is 18.2 Å². The lowest BCUT2D eigenvalue weighted by Gasteiger charge is -2.21. The van der Waals surface area contributed by atoms with Crippen molar-refractivity contribution in [1.29, 1.82) is 0 Å². The molecule has 0 heterocycles. The lowest BCUT2D eigenvalue weighted by Crippen LogP contribution is -2.32. The number of nitrogens with two attached hydrogens (primary N) is 1. The third-order valence-electron chi connectivity index (χ3n) is 2.73. The topological polar surface area (TPSA) is 41.3 Å². The number of nitrogens with zero attached hydrogens (tertiary/aromatic N) is 1. The highest BCUT2D eigenvalue weighted by atomic mass is 32.1. The van der Waals surface area contributed by atoms with Gasteiger partial charge >= 0.3 is 0 Å². The molecule has 0 aliphatic carbocycles. The minimum atomic E-state index is -0.389. The predicted molar refractivity (Wildman–Crippen MR) is 73.9 cm³/mol. The highest BCUT2D eigenvalue weighted by molar-refractivity contribution is 7.80. The molecule has 0 bridgehead atoms. The van der Waals surface area contributed by atoms with E-state index >= 15 is 0 Å². The highest BCUT2D eigenvalue weighted by Gasteiger charge is 2.12. The zero-order valence-electron chi connectivity index (χ0n) is 10.3. The number of halogens is 1. The summed E-state index contributed by atoms with van der Waals surface area (Å²) in [5.74, 6) is -0.389. The minimum absolute atomic E-state index is 0.0723. The van der Waals surface area contributed by atoms with E-state index in [9.17, 15) is 4.39 Å². The minimum Gasteiger partial charge on any atom is -0.389 e. The third kappa shape index (κ3) is 3.64. The van der Waals surface area contributed by atoms with Crippen molar-refractivity contribution in [2.24, 2.45) is 5.73 Å². The molecule has 0 aromatic heterocycles. The molecule has 0 saturated heterocycles. The van der Waals surface area contributed by atoms with Crippen LogP contribution in [0.4, 0.5) is 10.1 Å². The second-order valence-corrected chi connectivity index (χ2v) is 4.66. The number of hydrogen-bond donors (Lipinski definition) is 2. The molecule has 0 radical (unpaired) electrons. The summed E-state index contributed by atoms with van der Waals surface area (Å²) in [6.45, 7) is 2.78. The molecule has 1 rings (SSSR count). The van der Waals surface area contributed by atoms with Crippen LogP contribution in [0.5, 0.6) is 0 Å². The van der Waals surface area contributed by atoms with Gasteiger partial charge in [0.15, 0.2) is 0 Å². The van der Waals surface area contributed by atoms with Gasteiger partial charge in [0, 0.05) is 18.3 Å². The summed E-state index contributed by atoms with van der Waals surface area (Å²) in [5, 5.41) is 3.17. The summed E-state index contributed by atoms with van der Waals surface area (Å²) >= 11 is 4.86. The zero-order valence-corrected chi connectivity index (χ0v) is 11.1. The van der Waals surface area contributed by atoms with E-state index in [-0.39, 0.29) is 16.4 Å². The van der Waals surface area contributed by atoms with Crippen molar-refractivity contribution in [2.45, 2.75) is 13.0 Å². The van der Waals surface area contributed by atoms with Crippen LogP contribution in [0, 0.1) is 5.82 Å². The summed E-state index contributed by atoms with van der Waals surface area (Å²) in [6, 6.07) is 5.10. The Balaban J connectivity index is 2.84. The Bertz CT molecular complexity index is 407. The van der Waals surface area contributed by atoms with Crippen LogP contribution in [0.1, 0.15) is 12.5 Å². The first-order chi connectivity index (χ1) is 7.93. The summed E-state index contributed by atoms with van der Waals surface area (Å²) < 4.78 is 13.6. The maximum Gasteiger partial charge on any atom is 0.135 e.